The molecular weight excluding hydrogens is 222 g/mol. The highest BCUT2D eigenvalue weighted by Gasteiger charge is 2.26. The molecule has 18 heavy (non-hydrogen) atoms. The Morgan fingerprint density at radius 3 is 2.78 bits per heavy atom. The molecular formula is C15H25N3. The van der Waals surface area contributed by atoms with E-state index in [1.54, 1.807) is 0 Å². The summed E-state index contributed by atoms with van der Waals surface area (Å²) in [6, 6.07) is 0.680. The van der Waals surface area contributed by atoms with E-state index in [4.69, 9.17) is 10.8 Å². The Kier molecular flexibility index (Phi) is 3.69. The third-order valence-corrected chi connectivity index (χ3v) is 4.77. The van der Waals surface area contributed by atoms with E-state index in [9.17, 15) is 0 Å². The lowest BCUT2D eigenvalue weighted by atomic mass is 9.84. The van der Waals surface area contributed by atoms with Gasteiger partial charge in [-0.2, -0.15) is 5.10 Å². The second kappa shape index (κ2) is 5.43. The Morgan fingerprint density at radius 2 is 2.00 bits per heavy atom. The Morgan fingerprint density at radius 1 is 1.17 bits per heavy atom. The molecule has 3 heteroatoms. The Bertz CT molecular complexity index is 390. The molecule has 1 unspecified atom stereocenters. The molecule has 100 valence electrons. The van der Waals surface area contributed by atoms with Gasteiger partial charge in [-0.1, -0.05) is 19.3 Å². The summed E-state index contributed by atoms with van der Waals surface area (Å²) in [5.74, 6) is 0.677. The molecule has 0 aromatic carbocycles. The van der Waals surface area contributed by atoms with Crippen LogP contribution in [0.5, 0.6) is 0 Å². The van der Waals surface area contributed by atoms with Gasteiger partial charge in [0.25, 0.3) is 0 Å². The number of hydrogen-bond donors (Lipinski definition) is 1. The summed E-state index contributed by atoms with van der Waals surface area (Å²) >= 11 is 0. The minimum absolute atomic E-state index is 0.677. The van der Waals surface area contributed by atoms with Crippen LogP contribution in [0.25, 0.3) is 0 Å². The lowest BCUT2D eigenvalue weighted by molar-refractivity contribution is 0.318. The molecule has 2 aliphatic rings. The van der Waals surface area contributed by atoms with E-state index >= 15 is 0 Å². The van der Waals surface area contributed by atoms with Crippen molar-refractivity contribution in [1.29, 1.82) is 0 Å². The molecule has 0 radical (unpaired) electrons. The molecule has 3 nitrogen and oxygen atoms in total. The third-order valence-electron chi connectivity index (χ3n) is 4.77. The first-order valence-corrected chi connectivity index (χ1v) is 7.66. The van der Waals surface area contributed by atoms with E-state index in [1.807, 2.05) is 0 Å². The van der Waals surface area contributed by atoms with Crippen LogP contribution in [0.4, 0.5) is 0 Å². The fourth-order valence-corrected chi connectivity index (χ4v) is 3.81. The highest BCUT2D eigenvalue weighted by Crippen LogP contribution is 2.37. The second-order valence-electron chi connectivity index (χ2n) is 5.95. The van der Waals surface area contributed by atoms with Crippen LogP contribution >= 0.6 is 0 Å². The van der Waals surface area contributed by atoms with Crippen LogP contribution in [0.15, 0.2) is 6.20 Å². The van der Waals surface area contributed by atoms with Gasteiger partial charge in [0.2, 0.25) is 0 Å². The highest BCUT2D eigenvalue weighted by atomic mass is 15.3. The quantitative estimate of drug-likeness (QED) is 0.891. The lowest BCUT2D eigenvalue weighted by Crippen LogP contribution is -2.20. The van der Waals surface area contributed by atoms with Crippen LogP contribution in [0.3, 0.4) is 0 Å². The van der Waals surface area contributed by atoms with Crippen molar-refractivity contribution in [3.05, 3.63) is 17.5 Å². The average molecular weight is 247 g/mol. The predicted octanol–water partition coefficient (Wildman–Crippen LogP) is 3.16. The van der Waals surface area contributed by atoms with Crippen LogP contribution in [-0.4, -0.2) is 16.3 Å². The summed E-state index contributed by atoms with van der Waals surface area (Å²) in [7, 11) is 0. The van der Waals surface area contributed by atoms with Crippen molar-refractivity contribution >= 4 is 0 Å². The van der Waals surface area contributed by atoms with Crippen molar-refractivity contribution in [2.75, 3.05) is 6.54 Å². The topological polar surface area (TPSA) is 43.8 Å². The lowest BCUT2D eigenvalue weighted by Gasteiger charge is -2.27. The molecule has 2 N–H and O–H groups in total. The number of rotatable bonds is 3. The molecule has 1 aromatic heterocycles. The standard InChI is InChI=1S/C15H25N3/c16-10-9-12-5-4-8-15-14(12)11-17-18(15)13-6-2-1-3-7-13/h11-13H,1-10,16H2. The van der Waals surface area contributed by atoms with Gasteiger partial charge < -0.3 is 5.73 Å². The summed E-state index contributed by atoms with van der Waals surface area (Å²) in [4.78, 5) is 0. The van der Waals surface area contributed by atoms with Gasteiger partial charge in [-0.25, -0.2) is 0 Å². The molecule has 0 saturated heterocycles. The molecule has 1 heterocycles. The molecule has 0 amide bonds. The van der Waals surface area contributed by atoms with E-state index in [1.165, 1.54) is 62.6 Å². The molecule has 2 aliphatic carbocycles. The van der Waals surface area contributed by atoms with Crippen LogP contribution in [0, 0.1) is 0 Å². The van der Waals surface area contributed by atoms with Crippen molar-refractivity contribution in [1.82, 2.24) is 9.78 Å². The van der Waals surface area contributed by atoms with Crippen LogP contribution in [-0.2, 0) is 6.42 Å². The van der Waals surface area contributed by atoms with Crippen molar-refractivity contribution in [2.45, 2.75) is 69.7 Å². The molecule has 1 atom stereocenters. The molecule has 1 aromatic rings. The molecule has 3 rings (SSSR count). The maximum absolute atomic E-state index is 5.74. The zero-order valence-corrected chi connectivity index (χ0v) is 11.3. The number of fused-ring (bicyclic) bond motifs is 1. The molecule has 0 aliphatic heterocycles. The van der Waals surface area contributed by atoms with E-state index < -0.39 is 0 Å². The van der Waals surface area contributed by atoms with Crippen LogP contribution in [0.1, 0.15) is 74.6 Å². The van der Waals surface area contributed by atoms with E-state index in [0.717, 1.165) is 13.0 Å². The first-order chi connectivity index (χ1) is 8.90. The molecule has 1 fully saturated rings. The minimum atomic E-state index is 0.677. The van der Waals surface area contributed by atoms with Crippen LogP contribution < -0.4 is 5.73 Å². The van der Waals surface area contributed by atoms with E-state index in [0.29, 0.717) is 12.0 Å². The van der Waals surface area contributed by atoms with Gasteiger partial charge >= 0.3 is 0 Å². The summed E-state index contributed by atoms with van der Waals surface area (Å²) in [6.45, 7) is 0.804. The average Bonchev–Trinajstić information content (AvgIpc) is 2.85. The van der Waals surface area contributed by atoms with E-state index in [2.05, 4.69) is 10.9 Å². The maximum atomic E-state index is 5.74. The van der Waals surface area contributed by atoms with Crippen molar-refractivity contribution < 1.29 is 0 Å². The zero-order valence-electron chi connectivity index (χ0n) is 11.3. The number of hydrogen-bond acceptors (Lipinski definition) is 2. The summed E-state index contributed by atoms with van der Waals surface area (Å²) in [5, 5.41) is 4.73. The zero-order chi connectivity index (χ0) is 12.4. The monoisotopic (exact) mass is 247 g/mol. The fraction of sp³-hybridized carbons (Fsp3) is 0.800. The van der Waals surface area contributed by atoms with Gasteiger partial charge in [-0.05, 0) is 56.6 Å². The minimum Gasteiger partial charge on any atom is -0.330 e. The van der Waals surface area contributed by atoms with Crippen LogP contribution in [0.2, 0.25) is 0 Å². The Hall–Kier alpha value is -0.830. The molecule has 0 spiro atoms. The maximum Gasteiger partial charge on any atom is 0.0527 e. The summed E-state index contributed by atoms with van der Waals surface area (Å²) in [5.41, 5.74) is 8.78. The SMILES string of the molecule is NCCC1CCCc2c1cnn2C1CCCCC1. The van der Waals surface area contributed by atoms with E-state index in [-0.39, 0.29) is 0 Å². The number of aromatic nitrogens is 2. The van der Waals surface area contributed by atoms with Crippen molar-refractivity contribution in [3.63, 3.8) is 0 Å². The van der Waals surface area contributed by atoms with Gasteiger partial charge in [0.15, 0.2) is 0 Å². The number of nitrogens with zero attached hydrogens (tertiary/aromatic N) is 2. The smallest absolute Gasteiger partial charge is 0.0527 e. The Balaban J connectivity index is 1.84. The third kappa shape index (κ3) is 2.20. The first kappa shape index (κ1) is 12.2. The summed E-state index contributed by atoms with van der Waals surface area (Å²) < 4.78 is 2.37. The molecule has 0 bridgehead atoms. The summed E-state index contributed by atoms with van der Waals surface area (Å²) in [6.07, 6.45) is 14.0. The van der Waals surface area contributed by atoms with Gasteiger partial charge in [0, 0.05) is 5.69 Å². The normalized spacial score (nSPS) is 25.1. The largest absolute Gasteiger partial charge is 0.330 e. The first-order valence-electron chi connectivity index (χ1n) is 7.66. The van der Waals surface area contributed by atoms with Crippen molar-refractivity contribution in [2.24, 2.45) is 5.73 Å². The second-order valence-corrected chi connectivity index (χ2v) is 5.95. The van der Waals surface area contributed by atoms with Gasteiger partial charge in [0.1, 0.15) is 0 Å². The molecule has 1 saturated carbocycles. The van der Waals surface area contributed by atoms with Gasteiger partial charge in [0.05, 0.1) is 12.2 Å². The fourth-order valence-electron chi connectivity index (χ4n) is 3.81. The van der Waals surface area contributed by atoms with Gasteiger partial charge in [-0.3, -0.25) is 4.68 Å². The predicted molar refractivity (Wildman–Crippen MR) is 73.7 cm³/mol. The Labute approximate surface area is 110 Å². The number of nitrogens with two attached hydrogens (primary N) is 1. The van der Waals surface area contributed by atoms with Crippen molar-refractivity contribution in [3.8, 4) is 0 Å². The highest BCUT2D eigenvalue weighted by molar-refractivity contribution is 5.26. The van der Waals surface area contributed by atoms with Gasteiger partial charge in [-0.15, -0.1) is 0 Å².